The smallest absolute Gasteiger partial charge is 0.244 e. The van der Waals surface area contributed by atoms with E-state index < -0.39 is 21.6 Å². The highest BCUT2D eigenvalue weighted by molar-refractivity contribution is 7.90. The Morgan fingerprint density at radius 2 is 1.50 bits per heavy atom. The standard InChI is InChI=1S/C19H18F3NO2S/c1-12-9-16(13-3-6-15(7-4-13)19(20,21)22)17(10-12)14-5-8-18(23-11-14)26(2,24)25/h3-8,11-12H,9-10H2,1-2H3. The fourth-order valence-corrected chi connectivity index (χ4v) is 3.80. The highest BCUT2D eigenvalue weighted by atomic mass is 32.2. The monoisotopic (exact) mass is 381 g/mol. The van der Waals surface area contributed by atoms with E-state index >= 15 is 0 Å². The van der Waals surface area contributed by atoms with Gasteiger partial charge in [-0.1, -0.05) is 25.1 Å². The van der Waals surface area contributed by atoms with Crippen molar-refractivity contribution in [3.8, 4) is 0 Å². The zero-order chi connectivity index (χ0) is 19.1. The second-order valence-corrected chi connectivity index (χ2v) is 8.67. The van der Waals surface area contributed by atoms with Crippen LogP contribution in [0.4, 0.5) is 13.2 Å². The van der Waals surface area contributed by atoms with Crippen molar-refractivity contribution in [2.75, 3.05) is 6.26 Å². The molecule has 0 fully saturated rings. The number of benzene rings is 1. The maximum absolute atomic E-state index is 12.8. The molecule has 0 saturated carbocycles. The lowest BCUT2D eigenvalue weighted by Gasteiger charge is -2.11. The topological polar surface area (TPSA) is 47.0 Å². The van der Waals surface area contributed by atoms with Crippen LogP contribution in [0.15, 0.2) is 47.6 Å². The summed E-state index contributed by atoms with van der Waals surface area (Å²) in [5, 5.41) is 0.00368. The number of nitrogens with zero attached hydrogens (tertiary/aromatic N) is 1. The molecule has 0 amide bonds. The van der Waals surface area contributed by atoms with Gasteiger partial charge in [0.05, 0.1) is 5.56 Å². The zero-order valence-electron chi connectivity index (χ0n) is 14.3. The third-order valence-corrected chi connectivity index (χ3v) is 5.50. The van der Waals surface area contributed by atoms with E-state index in [1.54, 1.807) is 6.07 Å². The molecule has 0 bridgehead atoms. The average molecular weight is 381 g/mol. The maximum atomic E-state index is 12.8. The third kappa shape index (κ3) is 3.82. The lowest BCUT2D eigenvalue weighted by Crippen LogP contribution is -2.04. The summed E-state index contributed by atoms with van der Waals surface area (Å²) in [6.07, 6.45) is -0.206. The molecular formula is C19H18F3NO2S. The molecule has 3 rings (SSSR count). The van der Waals surface area contributed by atoms with Crippen LogP contribution in [-0.4, -0.2) is 19.7 Å². The van der Waals surface area contributed by atoms with Crippen LogP contribution in [-0.2, 0) is 16.0 Å². The van der Waals surface area contributed by atoms with Crippen molar-refractivity contribution < 1.29 is 21.6 Å². The third-order valence-electron chi connectivity index (χ3n) is 4.49. The van der Waals surface area contributed by atoms with Gasteiger partial charge in [0.15, 0.2) is 14.9 Å². The number of allylic oxidation sites excluding steroid dienone is 2. The van der Waals surface area contributed by atoms with E-state index in [9.17, 15) is 21.6 Å². The van der Waals surface area contributed by atoms with Crippen molar-refractivity contribution in [1.29, 1.82) is 0 Å². The van der Waals surface area contributed by atoms with Gasteiger partial charge in [-0.25, -0.2) is 13.4 Å². The Bertz CT molecular complexity index is 944. The number of hydrogen-bond acceptors (Lipinski definition) is 3. The highest BCUT2D eigenvalue weighted by Crippen LogP contribution is 2.43. The molecule has 3 nitrogen and oxygen atoms in total. The van der Waals surface area contributed by atoms with Gasteiger partial charge >= 0.3 is 6.18 Å². The van der Waals surface area contributed by atoms with E-state index in [-0.39, 0.29) is 5.03 Å². The molecule has 1 aromatic carbocycles. The average Bonchev–Trinajstić information content (AvgIpc) is 2.95. The molecule has 138 valence electrons. The number of rotatable bonds is 3. The van der Waals surface area contributed by atoms with Crippen LogP contribution in [0.25, 0.3) is 11.1 Å². The fourth-order valence-electron chi connectivity index (χ4n) is 3.24. The summed E-state index contributed by atoms with van der Waals surface area (Å²) in [7, 11) is -3.37. The summed E-state index contributed by atoms with van der Waals surface area (Å²) in [6.45, 7) is 2.08. The Morgan fingerprint density at radius 3 is 1.96 bits per heavy atom. The van der Waals surface area contributed by atoms with Crippen molar-refractivity contribution in [3.05, 3.63) is 59.3 Å². The van der Waals surface area contributed by atoms with Gasteiger partial charge in [0.2, 0.25) is 0 Å². The molecule has 1 heterocycles. The molecule has 0 aliphatic heterocycles. The highest BCUT2D eigenvalue weighted by Gasteiger charge is 2.30. The van der Waals surface area contributed by atoms with Gasteiger partial charge in [0, 0.05) is 12.5 Å². The molecule has 0 radical (unpaired) electrons. The van der Waals surface area contributed by atoms with Gasteiger partial charge < -0.3 is 0 Å². The van der Waals surface area contributed by atoms with Crippen LogP contribution in [0.3, 0.4) is 0 Å². The Hall–Kier alpha value is -2.15. The minimum Gasteiger partial charge on any atom is -0.244 e. The van der Waals surface area contributed by atoms with Gasteiger partial charge in [-0.2, -0.15) is 13.2 Å². The van der Waals surface area contributed by atoms with Crippen LogP contribution in [0.1, 0.15) is 36.5 Å². The van der Waals surface area contributed by atoms with E-state index in [0.717, 1.165) is 53.5 Å². The summed E-state index contributed by atoms with van der Waals surface area (Å²) >= 11 is 0. The lowest BCUT2D eigenvalue weighted by atomic mass is 9.97. The first-order valence-electron chi connectivity index (χ1n) is 8.12. The quantitative estimate of drug-likeness (QED) is 0.764. The Morgan fingerprint density at radius 1 is 0.962 bits per heavy atom. The van der Waals surface area contributed by atoms with Crippen molar-refractivity contribution in [2.45, 2.75) is 31.0 Å². The first-order chi connectivity index (χ1) is 12.1. The molecule has 0 saturated heterocycles. The molecule has 1 atom stereocenters. The number of sulfone groups is 1. The van der Waals surface area contributed by atoms with E-state index in [0.29, 0.717) is 5.92 Å². The van der Waals surface area contributed by atoms with Gasteiger partial charge in [-0.15, -0.1) is 0 Å². The van der Waals surface area contributed by atoms with Crippen molar-refractivity contribution in [1.82, 2.24) is 4.98 Å². The van der Waals surface area contributed by atoms with E-state index in [4.69, 9.17) is 0 Å². The van der Waals surface area contributed by atoms with Crippen molar-refractivity contribution in [3.63, 3.8) is 0 Å². The minimum absolute atomic E-state index is 0.00368. The summed E-state index contributed by atoms with van der Waals surface area (Å²) < 4.78 is 61.4. The van der Waals surface area contributed by atoms with Crippen LogP contribution in [0, 0.1) is 5.92 Å². The van der Waals surface area contributed by atoms with Gasteiger partial charge in [0.25, 0.3) is 0 Å². The van der Waals surface area contributed by atoms with Gasteiger partial charge in [0.1, 0.15) is 0 Å². The summed E-state index contributed by atoms with van der Waals surface area (Å²) in [6, 6.07) is 8.34. The molecular weight excluding hydrogens is 363 g/mol. The van der Waals surface area contributed by atoms with Gasteiger partial charge in [-0.05, 0) is 59.2 Å². The predicted molar refractivity (Wildman–Crippen MR) is 94.0 cm³/mol. The first-order valence-corrected chi connectivity index (χ1v) is 10.0. The zero-order valence-corrected chi connectivity index (χ0v) is 15.2. The molecule has 26 heavy (non-hydrogen) atoms. The Balaban J connectivity index is 2.00. The molecule has 1 aliphatic rings. The predicted octanol–water partition coefficient (Wildman–Crippen LogP) is 4.84. The lowest BCUT2D eigenvalue weighted by molar-refractivity contribution is -0.137. The molecule has 1 unspecified atom stereocenters. The van der Waals surface area contributed by atoms with Crippen molar-refractivity contribution >= 4 is 21.0 Å². The number of hydrogen-bond donors (Lipinski definition) is 0. The second kappa shape index (κ2) is 6.54. The van der Waals surface area contributed by atoms with Crippen LogP contribution >= 0.6 is 0 Å². The largest absolute Gasteiger partial charge is 0.416 e. The van der Waals surface area contributed by atoms with Crippen LogP contribution < -0.4 is 0 Å². The normalized spacial score (nSPS) is 18.4. The molecule has 1 aliphatic carbocycles. The first kappa shape index (κ1) is 18.6. The van der Waals surface area contributed by atoms with Crippen LogP contribution in [0.5, 0.6) is 0 Å². The molecule has 2 aromatic rings. The van der Waals surface area contributed by atoms with Crippen molar-refractivity contribution in [2.24, 2.45) is 5.92 Å². The maximum Gasteiger partial charge on any atom is 0.416 e. The number of pyridine rings is 1. The Kier molecular flexibility index (Phi) is 4.69. The minimum atomic E-state index is -4.36. The fraction of sp³-hybridized carbons (Fsp3) is 0.316. The summed E-state index contributed by atoms with van der Waals surface area (Å²) in [5.41, 5.74) is 2.87. The second-order valence-electron chi connectivity index (χ2n) is 6.70. The number of alkyl halides is 3. The van der Waals surface area contributed by atoms with Gasteiger partial charge in [-0.3, -0.25) is 0 Å². The molecule has 0 spiro atoms. The molecule has 0 N–H and O–H groups in total. The van der Waals surface area contributed by atoms with E-state index in [1.165, 1.54) is 24.4 Å². The molecule has 7 heteroatoms. The van der Waals surface area contributed by atoms with E-state index in [1.807, 2.05) is 0 Å². The van der Waals surface area contributed by atoms with Crippen LogP contribution in [0.2, 0.25) is 0 Å². The SMILES string of the molecule is CC1CC(c2ccc(C(F)(F)F)cc2)=C(c2ccc(S(C)(=O)=O)nc2)C1. The molecule has 1 aromatic heterocycles. The summed E-state index contributed by atoms with van der Waals surface area (Å²) in [5.74, 6) is 0.358. The number of halogens is 3. The Labute approximate surface area is 150 Å². The van der Waals surface area contributed by atoms with E-state index in [2.05, 4.69) is 11.9 Å². The summed E-state index contributed by atoms with van der Waals surface area (Å²) in [4.78, 5) is 4.02. The number of aromatic nitrogens is 1.